The van der Waals surface area contributed by atoms with Gasteiger partial charge in [0.2, 0.25) is 0 Å². The van der Waals surface area contributed by atoms with Crippen molar-refractivity contribution in [1.29, 1.82) is 0 Å². The number of carbonyl (C=O) groups excluding carboxylic acids is 2. The van der Waals surface area contributed by atoms with Crippen LogP contribution in [0.2, 0.25) is 0 Å². The molecule has 0 aliphatic rings. The predicted molar refractivity (Wildman–Crippen MR) is 47.4 cm³/mol. The Morgan fingerprint density at radius 2 is 1.71 bits per heavy atom. The molecule has 0 aromatic carbocycles. The second-order valence-electron chi connectivity index (χ2n) is 4.00. The Bertz CT molecular complexity index is 300. The zero-order valence-corrected chi connectivity index (χ0v) is 9.35. The van der Waals surface area contributed by atoms with Crippen LogP contribution in [0, 0.1) is 0 Å². The van der Waals surface area contributed by atoms with Crippen LogP contribution in [0.15, 0.2) is 0 Å². The number of ether oxygens (including phenoxy) is 2. The molecule has 1 atom stereocenters. The molecule has 0 saturated carbocycles. The van der Waals surface area contributed by atoms with E-state index in [2.05, 4.69) is 9.47 Å². The van der Waals surface area contributed by atoms with Crippen LogP contribution in [0.1, 0.15) is 20.8 Å². The fraction of sp³-hybridized carbons (Fsp3) is 0.778. The van der Waals surface area contributed by atoms with E-state index >= 15 is 0 Å². The SMILES string of the molecule is CC(C)(CF)OC(=O)C(C)(O[C]=O)C(F)(F)F. The molecule has 0 amide bonds. The summed E-state index contributed by atoms with van der Waals surface area (Å²) in [7, 11) is 0. The second-order valence-corrected chi connectivity index (χ2v) is 4.00. The van der Waals surface area contributed by atoms with Crippen LogP contribution in [0.25, 0.3) is 0 Å². The maximum atomic E-state index is 12.5. The Morgan fingerprint density at radius 1 is 1.24 bits per heavy atom. The zero-order valence-electron chi connectivity index (χ0n) is 9.35. The summed E-state index contributed by atoms with van der Waals surface area (Å²) in [6, 6.07) is 0. The summed E-state index contributed by atoms with van der Waals surface area (Å²) < 4.78 is 57.8. The standard InChI is InChI=1S/C9H11F4O4/c1-7(2,4-10)17-6(15)8(3,16-5-14)9(11,12)13/h4H2,1-3H3. The van der Waals surface area contributed by atoms with Crippen LogP contribution in [-0.2, 0) is 19.1 Å². The van der Waals surface area contributed by atoms with Crippen molar-refractivity contribution in [2.45, 2.75) is 38.1 Å². The molecular weight excluding hydrogens is 248 g/mol. The molecule has 0 fully saturated rings. The molecule has 0 aromatic rings. The summed E-state index contributed by atoms with van der Waals surface area (Å²) in [5, 5.41) is 0. The highest BCUT2D eigenvalue weighted by Crippen LogP contribution is 2.35. The van der Waals surface area contributed by atoms with E-state index in [4.69, 9.17) is 0 Å². The maximum absolute atomic E-state index is 12.5. The van der Waals surface area contributed by atoms with Crippen molar-refractivity contribution < 1.29 is 36.6 Å². The molecule has 99 valence electrons. The Morgan fingerprint density at radius 3 is 2.00 bits per heavy atom. The third-order valence-corrected chi connectivity index (χ3v) is 1.87. The highest BCUT2D eigenvalue weighted by Gasteiger charge is 2.61. The first-order valence-electron chi connectivity index (χ1n) is 4.41. The van der Waals surface area contributed by atoms with E-state index in [-0.39, 0.29) is 0 Å². The Balaban J connectivity index is 5.10. The largest absolute Gasteiger partial charge is 0.454 e. The van der Waals surface area contributed by atoms with Gasteiger partial charge in [-0.15, -0.1) is 0 Å². The summed E-state index contributed by atoms with van der Waals surface area (Å²) in [6.45, 7) is 1.80. The van der Waals surface area contributed by atoms with E-state index in [1.807, 2.05) is 0 Å². The molecule has 0 spiro atoms. The topological polar surface area (TPSA) is 52.6 Å². The van der Waals surface area contributed by atoms with Crippen molar-refractivity contribution >= 4 is 12.4 Å². The molecule has 0 heterocycles. The van der Waals surface area contributed by atoms with Crippen molar-refractivity contribution in [3.8, 4) is 0 Å². The van der Waals surface area contributed by atoms with E-state index in [0.717, 1.165) is 13.8 Å². The van der Waals surface area contributed by atoms with Gasteiger partial charge in [0.05, 0.1) is 0 Å². The number of hydrogen-bond donors (Lipinski definition) is 0. The van der Waals surface area contributed by atoms with Gasteiger partial charge < -0.3 is 9.47 Å². The molecule has 0 aliphatic heterocycles. The minimum Gasteiger partial charge on any atom is -0.454 e. The van der Waals surface area contributed by atoms with Gasteiger partial charge >= 0.3 is 18.6 Å². The first-order valence-corrected chi connectivity index (χ1v) is 4.41. The average molecular weight is 259 g/mol. The first-order chi connectivity index (χ1) is 7.50. The Kier molecular flexibility index (Phi) is 4.50. The summed E-state index contributed by atoms with van der Waals surface area (Å²) in [6.07, 6.45) is -5.19. The van der Waals surface area contributed by atoms with E-state index < -0.39 is 30.0 Å². The minimum absolute atomic E-state index is 0.300. The van der Waals surface area contributed by atoms with Crippen LogP contribution >= 0.6 is 0 Å². The van der Waals surface area contributed by atoms with Crippen LogP contribution in [0.5, 0.6) is 0 Å². The molecule has 0 saturated heterocycles. The molecule has 0 rings (SSSR count). The smallest absolute Gasteiger partial charge is 0.439 e. The van der Waals surface area contributed by atoms with Gasteiger partial charge in [0.1, 0.15) is 12.3 Å². The normalized spacial score (nSPS) is 15.9. The summed E-state index contributed by atoms with van der Waals surface area (Å²) in [5.74, 6) is -1.91. The van der Waals surface area contributed by atoms with Gasteiger partial charge in [0, 0.05) is 0 Å². The van der Waals surface area contributed by atoms with Crippen molar-refractivity contribution in [3.05, 3.63) is 0 Å². The van der Waals surface area contributed by atoms with E-state index in [9.17, 15) is 27.2 Å². The van der Waals surface area contributed by atoms with Crippen molar-refractivity contribution in [2.75, 3.05) is 6.67 Å². The van der Waals surface area contributed by atoms with Gasteiger partial charge in [0.25, 0.3) is 5.60 Å². The van der Waals surface area contributed by atoms with Crippen LogP contribution in [-0.4, -0.2) is 36.5 Å². The fourth-order valence-corrected chi connectivity index (χ4v) is 0.674. The summed E-state index contributed by atoms with van der Waals surface area (Å²) in [5.41, 5.74) is -5.24. The zero-order chi connectivity index (χ0) is 13.9. The van der Waals surface area contributed by atoms with Gasteiger partial charge in [0.15, 0.2) is 0 Å². The lowest BCUT2D eigenvalue weighted by atomic mass is 10.1. The molecule has 0 aromatic heterocycles. The number of alkyl halides is 4. The average Bonchev–Trinajstić information content (AvgIpc) is 2.15. The van der Waals surface area contributed by atoms with Crippen LogP contribution in [0.3, 0.4) is 0 Å². The second kappa shape index (κ2) is 4.89. The highest BCUT2D eigenvalue weighted by molar-refractivity contribution is 5.81. The summed E-state index contributed by atoms with van der Waals surface area (Å²) >= 11 is 0. The number of carbonyl (C=O) groups is 1. The molecule has 0 N–H and O–H groups in total. The summed E-state index contributed by atoms with van der Waals surface area (Å²) in [4.78, 5) is 21.1. The van der Waals surface area contributed by atoms with E-state index in [0.29, 0.717) is 13.4 Å². The first kappa shape index (κ1) is 15.7. The molecule has 1 radical (unpaired) electrons. The molecular formula is C9H11F4O4. The number of rotatable bonds is 5. The monoisotopic (exact) mass is 259 g/mol. The van der Waals surface area contributed by atoms with E-state index in [1.165, 1.54) is 0 Å². The Labute approximate surface area is 94.9 Å². The highest BCUT2D eigenvalue weighted by atomic mass is 19.4. The van der Waals surface area contributed by atoms with Gasteiger partial charge in [-0.05, 0) is 20.8 Å². The van der Waals surface area contributed by atoms with Gasteiger partial charge in [-0.25, -0.2) is 14.0 Å². The number of hydrogen-bond acceptors (Lipinski definition) is 4. The van der Waals surface area contributed by atoms with Crippen molar-refractivity contribution in [2.24, 2.45) is 0 Å². The molecule has 8 heteroatoms. The molecule has 17 heavy (non-hydrogen) atoms. The third-order valence-electron chi connectivity index (χ3n) is 1.87. The lowest BCUT2D eigenvalue weighted by Gasteiger charge is -2.31. The van der Waals surface area contributed by atoms with Crippen LogP contribution in [0.4, 0.5) is 17.6 Å². The maximum Gasteiger partial charge on any atom is 0.439 e. The molecule has 1 unspecified atom stereocenters. The van der Waals surface area contributed by atoms with Crippen molar-refractivity contribution in [1.82, 2.24) is 0 Å². The Hall–Kier alpha value is -1.34. The lowest BCUT2D eigenvalue weighted by Crippen LogP contribution is -2.54. The minimum atomic E-state index is -5.19. The van der Waals surface area contributed by atoms with Crippen molar-refractivity contribution in [3.63, 3.8) is 0 Å². The quantitative estimate of drug-likeness (QED) is 0.557. The van der Waals surface area contributed by atoms with Gasteiger partial charge in [-0.2, -0.15) is 13.2 Å². The van der Waals surface area contributed by atoms with E-state index in [1.54, 1.807) is 0 Å². The number of halogens is 4. The number of esters is 1. The molecule has 4 nitrogen and oxygen atoms in total. The van der Waals surface area contributed by atoms with Gasteiger partial charge in [-0.3, -0.25) is 0 Å². The van der Waals surface area contributed by atoms with Gasteiger partial charge in [-0.1, -0.05) is 0 Å². The van der Waals surface area contributed by atoms with Crippen LogP contribution < -0.4 is 0 Å². The molecule has 0 aliphatic carbocycles. The third kappa shape index (κ3) is 3.57. The lowest BCUT2D eigenvalue weighted by molar-refractivity contribution is -0.256. The fourth-order valence-electron chi connectivity index (χ4n) is 0.674. The predicted octanol–water partition coefficient (Wildman–Crippen LogP) is 1.68. The molecule has 0 bridgehead atoms.